The van der Waals surface area contributed by atoms with Gasteiger partial charge in [0.2, 0.25) is 0 Å². The zero-order chi connectivity index (χ0) is 14.6. The molecular weight excluding hydrogens is 262 g/mol. The zero-order valence-corrected chi connectivity index (χ0v) is 12.4. The minimum atomic E-state index is 0.632. The third kappa shape index (κ3) is 1.60. The van der Waals surface area contributed by atoms with E-state index in [0.717, 1.165) is 17.2 Å². The lowest BCUT2D eigenvalue weighted by molar-refractivity contribution is 0.341. The summed E-state index contributed by atoms with van der Waals surface area (Å²) in [6.45, 7) is 2.78. The van der Waals surface area contributed by atoms with Gasteiger partial charge in [-0.3, -0.25) is 0 Å². The summed E-state index contributed by atoms with van der Waals surface area (Å²) in [6.07, 6.45) is 0. The first-order chi connectivity index (χ1) is 10.2. The third-order valence-corrected chi connectivity index (χ3v) is 4.31. The molecule has 0 spiro atoms. The van der Waals surface area contributed by atoms with E-state index in [2.05, 4.69) is 49.2 Å². The summed E-state index contributed by atoms with van der Waals surface area (Å²) in [5, 5.41) is 0. The smallest absolute Gasteiger partial charge is 0.133 e. The molecule has 0 aromatic heterocycles. The average Bonchev–Trinajstić information content (AvgIpc) is 2.53. The van der Waals surface area contributed by atoms with E-state index in [-0.39, 0.29) is 0 Å². The predicted molar refractivity (Wildman–Crippen MR) is 84.7 cm³/mol. The Hall–Kier alpha value is -2.42. The second kappa shape index (κ2) is 4.29. The number of hydrogen-bond donors (Lipinski definition) is 0. The first-order valence-electron chi connectivity index (χ1n) is 7.09. The Labute approximate surface area is 124 Å². The minimum absolute atomic E-state index is 0.632. The van der Waals surface area contributed by atoms with E-state index in [1.54, 1.807) is 7.11 Å². The number of benzene rings is 2. The van der Waals surface area contributed by atoms with Gasteiger partial charge in [-0.15, -0.1) is 0 Å². The van der Waals surface area contributed by atoms with E-state index >= 15 is 0 Å². The molecule has 0 unspecified atom stereocenters. The standard InChI is InChI=1S/C18H17NO2/c1-11-10-21-16-9-12(20-3)8-15-18(16)17(11)13-6-4-5-7-14(13)19(15)2/h4-9H,10H2,1-3H3. The van der Waals surface area contributed by atoms with Gasteiger partial charge in [0.25, 0.3) is 0 Å². The van der Waals surface area contributed by atoms with Crippen molar-refractivity contribution in [1.29, 1.82) is 0 Å². The van der Waals surface area contributed by atoms with Crippen molar-refractivity contribution < 1.29 is 9.47 Å². The van der Waals surface area contributed by atoms with E-state index < -0.39 is 0 Å². The van der Waals surface area contributed by atoms with E-state index in [1.807, 2.05) is 6.07 Å². The highest BCUT2D eigenvalue weighted by atomic mass is 16.5. The molecule has 2 heterocycles. The second-order valence-electron chi connectivity index (χ2n) is 5.54. The van der Waals surface area contributed by atoms with Crippen molar-refractivity contribution in [2.45, 2.75) is 6.92 Å². The number of methoxy groups -OCH3 is 1. The van der Waals surface area contributed by atoms with Crippen molar-refractivity contribution in [3.63, 3.8) is 0 Å². The van der Waals surface area contributed by atoms with Crippen molar-refractivity contribution in [2.75, 3.05) is 25.7 Å². The second-order valence-corrected chi connectivity index (χ2v) is 5.54. The lowest BCUT2D eigenvalue weighted by Crippen LogP contribution is -2.22. The molecule has 106 valence electrons. The van der Waals surface area contributed by atoms with Gasteiger partial charge in [0.15, 0.2) is 0 Å². The molecule has 0 aliphatic carbocycles. The van der Waals surface area contributed by atoms with Crippen LogP contribution in [0.1, 0.15) is 18.1 Å². The normalized spacial score (nSPS) is 15.3. The Bertz CT molecular complexity index is 777. The lowest BCUT2D eigenvalue weighted by atomic mass is 9.85. The molecule has 4 rings (SSSR count). The molecule has 0 saturated heterocycles. The summed E-state index contributed by atoms with van der Waals surface area (Å²) >= 11 is 0. The molecule has 3 nitrogen and oxygen atoms in total. The first-order valence-corrected chi connectivity index (χ1v) is 7.09. The number of ether oxygens (including phenoxy) is 2. The number of fused-ring (bicyclic) bond motifs is 2. The van der Waals surface area contributed by atoms with Crippen molar-refractivity contribution in [2.24, 2.45) is 0 Å². The molecule has 3 heteroatoms. The van der Waals surface area contributed by atoms with Crippen LogP contribution in [0.25, 0.3) is 5.57 Å². The number of hydrogen-bond acceptors (Lipinski definition) is 3. The van der Waals surface area contributed by atoms with Crippen LogP contribution in [-0.2, 0) is 0 Å². The highest BCUT2D eigenvalue weighted by molar-refractivity contribution is 6.01. The summed E-state index contributed by atoms with van der Waals surface area (Å²) in [6, 6.07) is 12.6. The highest BCUT2D eigenvalue weighted by Crippen LogP contribution is 2.52. The molecule has 0 amide bonds. The maximum atomic E-state index is 5.92. The van der Waals surface area contributed by atoms with Crippen LogP contribution in [0, 0.1) is 0 Å². The fraction of sp³-hybridized carbons (Fsp3) is 0.222. The van der Waals surface area contributed by atoms with Gasteiger partial charge in [0.05, 0.1) is 12.8 Å². The van der Waals surface area contributed by atoms with Crippen LogP contribution in [0.5, 0.6) is 11.5 Å². The minimum Gasteiger partial charge on any atom is -0.497 e. The van der Waals surface area contributed by atoms with E-state index in [0.29, 0.717) is 6.61 Å². The van der Waals surface area contributed by atoms with Gasteiger partial charge in [0.1, 0.15) is 18.1 Å². The van der Waals surface area contributed by atoms with Gasteiger partial charge in [-0.2, -0.15) is 0 Å². The molecule has 0 N–H and O–H groups in total. The van der Waals surface area contributed by atoms with Crippen molar-refractivity contribution in [1.82, 2.24) is 0 Å². The van der Waals surface area contributed by atoms with Crippen LogP contribution in [0.2, 0.25) is 0 Å². The zero-order valence-electron chi connectivity index (χ0n) is 12.4. The molecule has 2 aromatic rings. The van der Waals surface area contributed by atoms with Crippen molar-refractivity contribution in [3.8, 4) is 11.5 Å². The molecule has 0 saturated carbocycles. The summed E-state index contributed by atoms with van der Waals surface area (Å²) in [5.74, 6) is 1.74. The largest absolute Gasteiger partial charge is 0.497 e. The molecule has 21 heavy (non-hydrogen) atoms. The van der Waals surface area contributed by atoms with Crippen molar-refractivity contribution >= 4 is 16.9 Å². The van der Waals surface area contributed by atoms with Gasteiger partial charge >= 0.3 is 0 Å². The Morgan fingerprint density at radius 2 is 1.95 bits per heavy atom. The number of nitrogens with zero attached hydrogens (tertiary/aromatic N) is 1. The molecular formula is C18H17NO2. The van der Waals surface area contributed by atoms with Gasteiger partial charge in [0, 0.05) is 36.0 Å². The molecule has 0 radical (unpaired) electrons. The molecule has 0 atom stereocenters. The lowest BCUT2D eigenvalue weighted by Gasteiger charge is -2.36. The van der Waals surface area contributed by atoms with Crippen LogP contribution in [0.3, 0.4) is 0 Å². The molecule has 2 aliphatic rings. The highest BCUT2D eigenvalue weighted by Gasteiger charge is 2.31. The Kier molecular flexibility index (Phi) is 2.52. The van der Waals surface area contributed by atoms with Crippen LogP contribution in [0.15, 0.2) is 42.0 Å². The first kappa shape index (κ1) is 12.3. The predicted octanol–water partition coefficient (Wildman–Crippen LogP) is 3.99. The van der Waals surface area contributed by atoms with Crippen LogP contribution < -0.4 is 14.4 Å². The average molecular weight is 279 g/mol. The van der Waals surface area contributed by atoms with Crippen LogP contribution in [0.4, 0.5) is 11.4 Å². The number of anilines is 2. The van der Waals surface area contributed by atoms with Gasteiger partial charge in [-0.05, 0) is 24.1 Å². The van der Waals surface area contributed by atoms with Gasteiger partial charge in [-0.1, -0.05) is 18.2 Å². The Morgan fingerprint density at radius 3 is 2.76 bits per heavy atom. The quantitative estimate of drug-likeness (QED) is 0.788. The monoisotopic (exact) mass is 279 g/mol. The fourth-order valence-corrected chi connectivity index (χ4v) is 3.27. The molecule has 2 aromatic carbocycles. The van der Waals surface area contributed by atoms with Crippen LogP contribution >= 0.6 is 0 Å². The van der Waals surface area contributed by atoms with Gasteiger partial charge in [-0.25, -0.2) is 0 Å². The topological polar surface area (TPSA) is 21.7 Å². The van der Waals surface area contributed by atoms with E-state index in [9.17, 15) is 0 Å². The molecule has 2 aliphatic heterocycles. The number of rotatable bonds is 1. The summed E-state index contributed by atoms with van der Waals surface area (Å²) in [4.78, 5) is 2.21. The van der Waals surface area contributed by atoms with E-state index in [1.165, 1.54) is 28.0 Å². The van der Waals surface area contributed by atoms with Gasteiger partial charge < -0.3 is 14.4 Å². The maximum absolute atomic E-state index is 5.92. The summed E-state index contributed by atoms with van der Waals surface area (Å²) in [7, 11) is 3.78. The fourth-order valence-electron chi connectivity index (χ4n) is 3.27. The molecule has 0 fully saturated rings. The Morgan fingerprint density at radius 1 is 1.14 bits per heavy atom. The summed E-state index contributed by atoms with van der Waals surface area (Å²) < 4.78 is 11.3. The maximum Gasteiger partial charge on any atom is 0.133 e. The van der Waals surface area contributed by atoms with Crippen LogP contribution in [-0.4, -0.2) is 20.8 Å². The SMILES string of the molecule is COc1cc2c3c(c1)N(C)c1ccccc1C3=C(C)CO2. The Balaban J connectivity index is 2.09. The van der Waals surface area contributed by atoms with Crippen molar-refractivity contribution in [3.05, 3.63) is 53.1 Å². The number of para-hydroxylation sites is 1. The molecule has 0 bridgehead atoms. The third-order valence-electron chi connectivity index (χ3n) is 4.31. The van der Waals surface area contributed by atoms with E-state index in [4.69, 9.17) is 9.47 Å². The summed E-state index contributed by atoms with van der Waals surface area (Å²) in [5.41, 5.74) is 7.40.